The number of nitrogens with one attached hydrogen (secondary N) is 1. The fraction of sp³-hybridized carbons (Fsp3) is 0.278. The lowest BCUT2D eigenvalue weighted by Crippen LogP contribution is -2.29. The van der Waals surface area contributed by atoms with E-state index in [-0.39, 0.29) is 10.6 Å². The van der Waals surface area contributed by atoms with Crippen molar-refractivity contribution in [2.75, 3.05) is 18.0 Å². The Morgan fingerprint density at radius 3 is 2.62 bits per heavy atom. The van der Waals surface area contributed by atoms with Gasteiger partial charge in [-0.2, -0.15) is 0 Å². The average Bonchev–Trinajstić information content (AvgIpc) is 3.06. The van der Waals surface area contributed by atoms with Crippen LogP contribution in [-0.2, 0) is 0 Å². The molecular formula is C18H18N4O2. The Hall–Kier alpha value is -2.89. The van der Waals surface area contributed by atoms with Gasteiger partial charge in [0.1, 0.15) is 11.5 Å². The van der Waals surface area contributed by atoms with Crippen molar-refractivity contribution in [1.82, 2.24) is 9.97 Å². The normalized spacial score (nSPS) is 14.9. The number of imidazole rings is 1. The zero-order chi connectivity index (χ0) is 16.5. The number of anilines is 1. The van der Waals surface area contributed by atoms with E-state index in [1.807, 2.05) is 36.4 Å². The van der Waals surface area contributed by atoms with E-state index in [4.69, 9.17) is 0 Å². The van der Waals surface area contributed by atoms with Crippen LogP contribution in [0.15, 0.2) is 42.5 Å². The third-order valence-corrected chi connectivity index (χ3v) is 4.53. The molecule has 0 atom stereocenters. The van der Waals surface area contributed by atoms with Gasteiger partial charge in [0.2, 0.25) is 0 Å². The van der Waals surface area contributed by atoms with E-state index in [1.165, 1.54) is 6.42 Å². The monoisotopic (exact) mass is 322 g/mol. The first kappa shape index (κ1) is 14.7. The van der Waals surface area contributed by atoms with Gasteiger partial charge >= 0.3 is 0 Å². The fourth-order valence-corrected chi connectivity index (χ4v) is 3.31. The van der Waals surface area contributed by atoms with Gasteiger partial charge in [-0.3, -0.25) is 10.1 Å². The number of piperidine rings is 1. The zero-order valence-electron chi connectivity index (χ0n) is 13.2. The lowest BCUT2D eigenvalue weighted by Gasteiger charge is -2.28. The van der Waals surface area contributed by atoms with Crippen LogP contribution >= 0.6 is 0 Å². The van der Waals surface area contributed by atoms with Crippen LogP contribution in [0.1, 0.15) is 19.3 Å². The van der Waals surface area contributed by atoms with E-state index >= 15 is 0 Å². The van der Waals surface area contributed by atoms with Crippen molar-refractivity contribution in [2.24, 2.45) is 0 Å². The predicted octanol–water partition coefficient (Wildman–Crippen LogP) is 4.13. The second-order valence-corrected chi connectivity index (χ2v) is 6.11. The highest BCUT2D eigenvalue weighted by atomic mass is 16.6. The number of nitro groups is 1. The number of para-hydroxylation sites is 2. The summed E-state index contributed by atoms with van der Waals surface area (Å²) in [5.74, 6) is 0.657. The van der Waals surface area contributed by atoms with Crippen LogP contribution in [-0.4, -0.2) is 28.0 Å². The van der Waals surface area contributed by atoms with Gasteiger partial charge in [0.25, 0.3) is 5.69 Å². The molecule has 0 unspecified atom stereocenters. The molecule has 1 aromatic heterocycles. The van der Waals surface area contributed by atoms with E-state index in [2.05, 4.69) is 14.9 Å². The first-order chi connectivity index (χ1) is 11.7. The number of H-pyrrole nitrogens is 1. The number of nitro benzene ring substituents is 1. The summed E-state index contributed by atoms with van der Waals surface area (Å²) in [6.07, 6.45) is 3.37. The van der Waals surface area contributed by atoms with Gasteiger partial charge in [-0.1, -0.05) is 12.1 Å². The molecule has 0 spiro atoms. The minimum absolute atomic E-state index is 0.148. The molecule has 3 aromatic rings. The molecule has 0 bridgehead atoms. The Morgan fingerprint density at radius 2 is 1.88 bits per heavy atom. The standard InChI is InChI=1S/C18H18N4O2/c23-22(24)17-12-13(8-9-16(17)21-10-4-1-5-11-21)18-19-14-6-2-3-7-15(14)20-18/h2-3,6-9,12H,1,4-5,10-11H2,(H,19,20). The van der Waals surface area contributed by atoms with Crippen molar-refractivity contribution in [1.29, 1.82) is 0 Å². The number of fused-ring (bicyclic) bond motifs is 1. The fourth-order valence-electron chi connectivity index (χ4n) is 3.31. The van der Waals surface area contributed by atoms with Crippen LogP contribution in [0.25, 0.3) is 22.4 Å². The largest absolute Gasteiger partial charge is 0.366 e. The summed E-state index contributed by atoms with van der Waals surface area (Å²) in [6, 6.07) is 13.1. The summed E-state index contributed by atoms with van der Waals surface area (Å²) in [5.41, 5.74) is 3.37. The molecule has 6 heteroatoms. The quantitative estimate of drug-likeness (QED) is 0.581. The molecule has 1 aliphatic heterocycles. The van der Waals surface area contributed by atoms with Crippen molar-refractivity contribution in [2.45, 2.75) is 19.3 Å². The number of rotatable bonds is 3. The number of aromatic amines is 1. The molecule has 24 heavy (non-hydrogen) atoms. The van der Waals surface area contributed by atoms with E-state index in [0.717, 1.165) is 42.5 Å². The Labute approximate surface area is 139 Å². The average molecular weight is 322 g/mol. The molecule has 2 heterocycles. The number of hydrogen-bond acceptors (Lipinski definition) is 4. The van der Waals surface area contributed by atoms with Gasteiger partial charge in [-0.05, 0) is 43.5 Å². The maximum absolute atomic E-state index is 11.6. The lowest BCUT2D eigenvalue weighted by atomic mass is 10.1. The van der Waals surface area contributed by atoms with Crippen molar-refractivity contribution in [3.8, 4) is 11.4 Å². The topological polar surface area (TPSA) is 75.1 Å². The first-order valence-electron chi connectivity index (χ1n) is 8.21. The highest BCUT2D eigenvalue weighted by molar-refractivity contribution is 5.80. The van der Waals surface area contributed by atoms with Gasteiger partial charge in [-0.15, -0.1) is 0 Å². The lowest BCUT2D eigenvalue weighted by molar-refractivity contribution is -0.384. The second-order valence-electron chi connectivity index (χ2n) is 6.11. The summed E-state index contributed by atoms with van der Waals surface area (Å²) in [4.78, 5) is 21.2. The molecule has 0 amide bonds. The first-order valence-corrected chi connectivity index (χ1v) is 8.21. The second kappa shape index (κ2) is 5.96. The summed E-state index contributed by atoms with van der Waals surface area (Å²) < 4.78 is 0. The van der Waals surface area contributed by atoms with E-state index < -0.39 is 0 Å². The summed E-state index contributed by atoms with van der Waals surface area (Å²) in [6.45, 7) is 1.76. The zero-order valence-corrected chi connectivity index (χ0v) is 13.2. The molecule has 0 saturated carbocycles. The predicted molar refractivity (Wildman–Crippen MR) is 94.2 cm³/mol. The minimum atomic E-state index is -0.296. The van der Waals surface area contributed by atoms with Crippen LogP contribution in [0.2, 0.25) is 0 Å². The molecule has 4 rings (SSSR count). The highest BCUT2D eigenvalue weighted by Crippen LogP contribution is 2.34. The van der Waals surface area contributed by atoms with Crippen molar-refractivity contribution < 1.29 is 4.92 Å². The summed E-state index contributed by atoms with van der Waals surface area (Å²) in [7, 11) is 0. The Balaban J connectivity index is 1.76. The van der Waals surface area contributed by atoms with Gasteiger partial charge in [0.05, 0.1) is 16.0 Å². The maximum atomic E-state index is 11.6. The van der Waals surface area contributed by atoms with E-state index in [0.29, 0.717) is 11.5 Å². The molecule has 1 saturated heterocycles. The molecule has 1 fully saturated rings. The highest BCUT2D eigenvalue weighted by Gasteiger charge is 2.22. The van der Waals surface area contributed by atoms with Crippen LogP contribution in [0.5, 0.6) is 0 Å². The van der Waals surface area contributed by atoms with E-state index in [1.54, 1.807) is 6.07 Å². The van der Waals surface area contributed by atoms with Gasteiger partial charge < -0.3 is 9.88 Å². The smallest absolute Gasteiger partial charge is 0.293 e. The van der Waals surface area contributed by atoms with Crippen LogP contribution in [0.4, 0.5) is 11.4 Å². The molecule has 1 N–H and O–H groups in total. The van der Waals surface area contributed by atoms with Crippen LogP contribution in [0.3, 0.4) is 0 Å². The SMILES string of the molecule is O=[N+]([O-])c1cc(-c2nc3ccccc3[nH]2)ccc1N1CCCCC1. The number of nitrogens with zero attached hydrogens (tertiary/aromatic N) is 3. The van der Waals surface area contributed by atoms with E-state index in [9.17, 15) is 10.1 Å². The Kier molecular flexibility index (Phi) is 3.65. The molecule has 0 radical (unpaired) electrons. The number of aromatic nitrogens is 2. The summed E-state index contributed by atoms with van der Waals surface area (Å²) in [5, 5.41) is 11.6. The van der Waals surface area contributed by atoms with Gasteiger partial charge in [0.15, 0.2) is 0 Å². The minimum Gasteiger partial charge on any atom is -0.366 e. The third kappa shape index (κ3) is 2.60. The molecule has 1 aliphatic rings. The van der Waals surface area contributed by atoms with Crippen molar-refractivity contribution >= 4 is 22.4 Å². The van der Waals surface area contributed by atoms with Crippen molar-refractivity contribution in [3.63, 3.8) is 0 Å². The van der Waals surface area contributed by atoms with Crippen molar-refractivity contribution in [3.05, 3.63) is 52.6 Å². The van der Waals surface area contributed by atoms with Gasteiger partial charge in [0, 0.05) is 24.7 Å². The Morgan fingerprint density at radius 1 is 1.08 bits per heavy atom. The molecule has 2 aromatic carbocycles. The van der Waals surface area contributed by atoms with Gasteiger partial charge in [-0.25, -0.2) is 4.98 Å². The van der Waals surface area contributed by atoms with Crippen LogP contribution < -0.4 is 4.90 Å². The van der Waals surface area contributed by atoms with Crippen LogP contribution in [0, 0.1) is 10.1 Å². The number of benzene rings is 2. The molecule has 0 aliphatic carbocycles. The molecule has 122 valence electrons. The molecular weight excluding hydrogens is 304 g/mol. The number of hydrogen-bond donors (Lipinski definition) is 1. The third-order valence-electron chi connectivity index (χ3n) is 4.53. The maximum Gasteiger partial charge on any atom is 0.293 e. The molecule has 6 nitrogen and oxygen atoms in total. The Bertz CT molecular complexity index is 864. The summed E-state index contributed by atoms with van der Waals surface area (Å²) >= 11 is 0.